The number of carbonyl (C=O) groups excluding carboxylic acids is 5. The Labute approximate surface area is 716 Å². The molecule has 0 bridgehead atoms. The normalized spacial score (nSPS) is 11.2. The summed E-state index contributed by atoms with van der Waals surface area (Å²) >= 11 is 49.0. The van der Waals surface area contributed by atoms with Crippen molar-refractivity contribution in [1.29, 1.82) is 0 Å². The standard InChI is InChI=1S/C22H24Cl2F2N2O4.C18H18Cl2F2N2O2.C17H16Cl2F2N2O2.C14H11Cl2NO2.C8H15F2NO3.ClH/c1-21(2,3)32-20(30)27-12-22(25,26)13-31-18(29)11-14-7-4-5-10-17(14)28-19-15(23)8-6-9-16(19)24;1-23-10-18(21,22)11-26-16(25)9-12-5-2-3-8-15(12)24-17-13(19)6-4-7-14(17)20;18-12-5-3-6-13(19)16(12)23-14-7-2-1-4-11(14)8-15(24)25-10-17(20,21)9-22;15-10-5-3-6-11(16)14(10)17-12-7-2-1-4-9(12)8-13(18)19;1-7(2,3)14-6(13)11-4-8(9,10)5-12;/h4-10,28H,11-13H2,1-3H3,(H,27,30);2-8,23-24H,9-11H2,1H3;1-7,23H,8-10,22H2;1-7,17H,8H2,(H,18,19);12H,4-5H2,1-3H3,(H,11,13);1H. The molecule has 0 aliphatic heterocycles. The largest absolute Gasteiger partial charge is 0.481 e. The van der Waals surface area contributed by atoms with Crippen LogP contribution in [-0.2, 0) is 68.5 Å². The van der Waals surface area contributed by atoms with Crippen molar-refractivity contribution in [2.24, 2.45) is 5.73 Å². The molecule has 0 atom stereocenters. The van der Waals surface area contributed by atoms with E-state index < -0.39 is 124 Å². The van der Waals surface area contributed by atoms with Gasteiger partial charge in [0, 0.05) is 22.7 Å². The first-order valence-corrected chi connectivity index (χ1v) is 37.5. The lowest BCUT2D eigenvalue weighted by molar-refractivity contribution is -0.154. The second-order valence-corrected chi connectivity index (χ2v) is 29.9. The maximum absolute atomic E-state index is 14.0. The monoisotopic (exact) mass is 1820 g/mol. The molecule has 0 unspecified atom stereocenters. The van der Waals surface area contributed by atoms with Crippen LogP contribution in [0.15, 0.2) is 170 Å². The number of alkyl carbamates (subject to hydrolysis) is 2. The number of esters is 3. The molecule has 0 saturated carbocycles. The minimum Gasteiger partial charge on any atom is -0.481 e. The molecule has 0 saturated heterocycles. The van der Waals surface area contributed by atoms with E-state index in [0.29, 0.717) is 108 Å². The van der Waals surface area contributed by atoms with E-state index in [4.69, 9.17) is 128 Å². The maximum Gasteiger partial charge on any atom is 0.407 e. The summed E-state index contributed by atoms with van der Waals surface area (Å²) in [5, 5.41) is 38.9. The van der Waals surface area contributed by atoms with E-state index in [1.54, 1.807) is 205 Å². The van der Waals surface area contributed by atoms with Crippen LogP contribution in [-0.4, -0.2) is 141 Å². The van der Waals surface area contributed by atoms with Gasteiger partial charge in [-0.25, -0.2) is 44.7 Å². The number of benzene rings is 8. The van der Waals surface area contributed by atoms with E-state index in [-0.39, 0.29) is 38.1 Å². The molecule has 117 heavy (non-hydrogen) atoms. The van der Waals surface area contributed by atoms with Crippen LogP contribution >= 0.6 is 105 Å². The number of carboxylic acid groups (broad SMARTS) is 1. The Hall–Kier alpha value is -8.69. The molecule has 8 aromatic carbocycles. The molecule has 0 heterocycles. The highest BCUT2D eigenvalue weighted by Gasteiger charge is 2.35. The fraction of sp³-hybridized carbons (Fsp3) is 0.316. The molecular weight excluding hydrogens is 1740 g/mol. The fourth-order valence-electron chi connectivity index (χ4n) is 9.04. The number of aliphatic hydroxyl groups is 1. The van der Waals surface area contributed by atoms with Crippen LogP contribution < -0.4 is 43.0 Å². The number of hydrogen-bond acceptors (Lipinski definition) is 18. The van der Waals surface area contributed by atoms with Gasteiger partial charge in [-0.1, -0.05) is 190 Å². The second kappa shape index (κ2) is 49.0. The van der Waals surface area contributed by atoms with Gasteiger partial charge in [0.25, 0.3) is 23.7 Å². The molecule has 8 aromatic rings. The van der Waals surface area contributed by atoms with Gasteiger partial charge in [-0.15, -0.1) is 12.4 Å². The van der Waals surface area contributed by atoms with E-state index in [9.17, 15) is 63.9 Å². The van der Waals surface area contributed by atoms with Crippen molar-refractivity contribution < 1.29 is 97.8 Å². The Morgan fingerprint density at radius 1 is 0.368 bits per heavy atom. The first-order chi connectivity index (χ1) is 54.2. The van der Waals surface area contributed by atoms with Gasteiger partial charge in [0.05, 0.1) is 115 Å². The average molecular weight is 1830 g/mol. The molecule has 21 nitrogen and oxygen atoms in total. The zero-order chi connectivity index (χ0) is 86.8. The number of anilines is 8. The number of carboxylic acids is 1. The summed E-state index contributed by atoms with van der Waals surface area (Å²) in [6.45, 7) is 1.77. The number of aliphatic hydroxyl groups excluding tert-OH is 1. The molecule has 0 aromatic heterocycles. The van der Waals surface area contributed by atoms with Crippen molar-refractivity contribution >= 4 is 187 Å². The first kappa shape index (κ1) is 102. The number of halogens is 17. The van der Waals surface area contributed by atoms with Gasteiger partial charge in [-0.05, 0) is 144 Å². The Morgan fingerprint density at radius 2 is 0.607 bits per heavy atom. The van der Waals surface area contributed by atoms with Crippen LogP contribution in [0.4, 0.5) is 90.2 Å². The summed E-state index contributed by atoms with van der Waals surface area (Å²) in [7, 11) is 1.40. The molecule has 0 spiro atoms. The Morgan fingerprint density at radius 3 is 0.846 bits per heavy atom. The first-order valence-electron chi connectivity index (χ1n) is 34.5. The number of amides is 2. The predicted octanol–water partition coefficient (Wildman–Crippen LogP) is 21.0. The summed E-state index contributed by atoms with van der Waals surface area (Å²) in [6, 6.07) is 48.0. The van der Waals surface area contributed by atoms with Crippen LogP contribution in [0.25, 0.3) is 0 Å². The van der Waals surface area contributed by atoms with E-state index in [1.807, 2.05) is 16.7 Å². The number of rotatable bonds is 30. The van der Waals surface area contributed by atoms with Crippen molar-refractivity contribution in [1.82, 2.24) is 16.0 Å². The molecular formula is C79H85Cl9F8N8O13. The highest BCUT2D eigenvalue weighted by molar-refractivity contribution is 6.41. The summed E-state index contributed by atoms with van der Waals surface area (Å²) in [4.78, 5) is 69.2. The molecule has 0 aliphatic rings. The summed E-state index contributed by atoms with van der Waals surface area (Å²) in [5.74, 6) is -16.4. The van der Waals surface area contributed by atoms with Gasteiger partial charge in [0.2, 0.25) is 0 Å². The molecule has 2 amide bonds. The zero-order valence-electron chi connectivity index (χ0n) is 63.6. The summed E-state index contributed by atoms with van der Waals surface area (Å²) < 4.78 is 129. The number of alkyl halides is 8. The highest BCUT2D eigenvalue weighted by atomic mass is 35.5. The van der Waals surface area contributed by atoms with Crippen LogP contribution in [0.3, 0.4) is 0 Å². The third-order valence-corrected chi connectivity index (χ3v) is 16.9. The van der Waals surface area contributed by atoms with Gasteiger partial charge in [-0.3, -0.25) is 19.2 Å². The van der Waals surface area contributed by atoms with Crippen LogP contribution in [0.5, 0.6) is 0 Å². The lowest BCUT2D eigenvalue weighted by Crippen LogP contribution is -2.42. The number of aliphatic carboxylic acids is 1. The number of hydrogen-bond donors (Lipinski definition) is 10. The van der Waals surface area contributed by atoms with Crippen molar-refractivity contribution in [3.63, 3.8) is 0 Å². The smallest absolute Gasteiger partial charge is 0.407 e. The molecule has 0 fully saturated rings. The van der Waals surface area contributed by atoms with Gasteiger partial charge in [0.1, 0.15) is 17.8 Å². The fourth-order valence-corrected chi connectivity index (χ4v) is 11.0. The Bertz CT molecular complexity index is 4500. The van der Waals surface area contributed by atoms with E-state index in [2.05, 4.69) is 31.3 Å². The van der Waals surface area contributed by atoms with E-state index in [0.717, 1.165) is 0 Å². The SMILES string of the molecule is CC(C)(C)OC(=O)NCC(F)(F)CO.CC(C)(C)OC(=O)NCC(F)(F)COC(=O)Cc1ccccc1Nc1c(Cl)cccc1Cl.CNCC(F)(F)COC(=O)Cc1ccccc1Nc1c(Cl)cccc1Cl.Cl.NCC(F)(F)COC(=O)Cc1ccccc1Nc1c(Cl)cccc1Cl.O=C(O)Cc1ccccc1Nc1c(Cl)cccc1Cl. The van der Waals surface area contributed by atoms with Gasteiger partial charge < -0.3 is 76.8 Å². The lowest BCUT2D eigenvalue weighted by atomic mass is 10.1. The average Bonchev–Trinajstić information content (AvgIpc) is 0.845. The summed E-state index contributed by atoms with van der Waals surface area (Å²) in [6.07, 6.45) is -2.59. The lowest BCUT2D eigenvalue weighted by Gasteiger charge is -2.22. The number of nitrogens with one attached hydrogen (secondary N) is 7. The van der Waals surface area contributed by atoms with Crippen LogP contribution in [0.1, 0.15) is 63.8 Å². The van der Waals surface area contributed by atoms with Crippen LogP contribution in [0.2, 0.25) is 40.2 Å². The quantitative estimate of drug-likeness (QED) is 0.0114. The van der Waals surface area contributed by atoms with Crippen LogP contribution in [0, 0.1) is 0 Å². The minimum absolute atomic E-state index is 0. The number of ether oxygens (including phenoxy) is 5. The third kappa shape index (κ3) is 39.6. The van der Waals surface area contributed by atoms with Gasteiger partial charge in [-0.2, -0.15) is 0 Å². The second-order valence-electron chi connectivity index (χ2n) is 26.6. The number of carbonyl (C=O) groups is 6. The van der Waals surface area contributed by atoms with Crippen molar-refractivity contribution in [2.45, 2.75) is 102 Å². The molecule has 638 valence electrons. The number of para-hydroxylation sites is 8. The van der Waals surface area contributed by atoms with E-state index >= 15 is 0 Å². The molecule has 8 rings (SSSR count). The maximum atomic E-state index is 14.0. The van der Waals surface area contributed by atoms with E-state index in [1.165, 1.54) is 7.05 Å². The van der Waals surface area contributed by atoms with Gasteiger partial charge >= 0.3 is 36.1 Å². The number of nitrogens with two attached hydrogens (primary N) is 1. The highest BCUT2D eigenvalue weighted by Crippen LogP contribution is 2.38. The molecule has 0 radical (unpaired) electrons. The van der Waals surface area contributed by atoms with Gasteiger partial charge in [0.15, 0.2) is 19.8 Å². The zero-order valence-corrected chi connectivity index (χ0v) is 70.4. The summed E-state index contributed by atoms with van der Waals surface area (Å²) in [5.41, 5.74) is 10.0. The van der Waals surface area contributed by atoms with Crippen molar-refractivity contribution in [2.75, 3.05) is 80.9 Å². The topological polar surface area (TPSA) is 299 Å². The minimum atomic E-state index is -3.46. The molecule has 11 N–H and O–H groups in total. The third-order valence-electron chi connectivity index (χ3n) is 14.4. The Kier molecular flexibility index (Phi) is 42.9. The predicted molar refractivity (Wildman–Crippen MR) is 446 cm³/mol. The molecule has 38 heteroatoms. The Balaban J connectivity index is 0.000000386. The molecule has 0 aliphatic carbocycles. The van der Waals surface area contributed by atoms with Crippen molar-refractivity contribution in [3.8, 4) is 0 Å². The van der Waals surface area contributed by atoms with Crippen molar-refractivity contribution in [3.05, 3.63) is 232 Å².